The summed E-state index contributed by atoms with van der Waals surface area (Å²) in [6, 6.07) is 10.4. The van der Waals surface area contributed by atoms with Crippen LogP contribution in [0.15, 0.2) is 81.0 Å². The lowest BCUT2D eigenvalue weighted by Gasteiger charge is -2.27. The molecule has 318 valence electrons. The van der Waals surface area contributed by atoms with E-state index in [0.29, 0.717) is 28.0 Å². The normalized spacial score (nSPS) is 13.7. The molecule has 1 aromatic heterocycles. The standard InChI is InChI=1S/C39H47Cl2N7O8S3/c1-22(2)33(46-36(50)31(20-26-11-8-7-9-12-26)47-58(52,53)27-14-15-28(40)29(41)21-27)37(51)45-30(34(49)38-43-17-18-57-38)13-10-16-44-39(42)48-59(54,55)35-23(3)19-32(56-6)24(4)25(35)5/h7-9,11-12,14-15,17-19,21-22,30-31,33,47H,10,13,16,20H2,1-6H3,(H,45,51)(H,46,50)(H3,42,44,48)/t30-,31-,33-/m0/s1. The monoisotopic (exact) mass is 907 g/mol. The zero-order valence-corrected chi connectivity index (χ0v) is 37.2. The summed E-state index contributed by atoms with van der Waals surface area (Å²) >= 11 is 13.2. The number of benzene rings is 3. The van der Waals surface area contributed by atoms with Crippen LogP contribution >= 0.6 is 34.5 Å². The van der Waals surface area contributed by atoms with E-state index in [4.69, 9.17) is 33.7 Å². The summed E-state index contributed by atoms with van der Waals surface area (Å²) in [7, 11) is -6.94. The van der Waals surface area contributed by atoms with Crippen molar-refractivity contribution in [2.75, 3.05) is 13.7 Å². The van der Waals surface area contributed by atoms with Crippen molar-refractivity contribution in [2.24, 2.45) is 16.6 Å². The molecule has 0 fully saturated rings. The number of methoxy groups -OCH3 is 1. The Morgan fingerprint density at radius 3 is 2.20 bits per heavy atom. The lowest BCUT2D eigenvalue weighted by atomic mass is 10.00. The van der Waals surface area contributed by atoms with E-state index in [1.165, 1.54) is 25.4 Å². The number of nitrogens with two attached hydrogens (primary N) is 1. The number of thiazole rings is 1. The Balaban J connectivity index is 1.50. The van der Waals surface area contributed by atoms with Crippen molar-refractivity contribution in [1.82, 2.24) is 25.1 Å². The van der Waals surface area contributed by atoms with Crippen LogP contribution in [0.3, 0.4) is 0 Å². The third-order valence-electron chi connectivity index (χ3n) is 9.26. The Bertz CT molecular complexity index is 2400. The highest BCUT2D eigenvalue weighted by molar-refractivity contribution is 7.90. The number of hydrogen-bond acceptors (Lipinski definition) is 11. The summed E-state index contributed by atoms with van der Waals surface area (Å²) in [6.45, 7) is 8.41. The molecule has 0 radical (unpaired) electrons. The van der Waals surface area contributed by atoms with E-state index in [1.807, 2.05) is 0 Å². The molecule has 3 aromatic carbocycles. The van der Waals surface area contributed by atoms with Crippen LogP contribution in [-0.2, 0) is 36.1 Å². The number of ether oxygens (including phenoxy) is 1. The second-order valence-electron chi connectivity index (χ2n) is 13.9. The van der Waals surface area contributed by atoms with Crippen LogP contribution in [-0.4, -0.2) is 77.2 Å². The van der Waals surface area contributed by atoms with Gasteiger partial charge in [-0.15, -0.1) is 11.3 Å². The molecule has 0 aliphatic rings. The van der Waals surface area contributed by atoms with Crippen LogP contribution in [0.2, 0.25) is 10.0 Å². The van der Waals surface area contributed by atoms with Crippen molar-refractivity contribution in [1.29, 1.82) is 0 Å². The number of halogens is 2. The molecular formula is C39H47Cl2N7O8S3. The first-order valence-corrected chi connectivity index (χ1v) is 22.9. The van der Waals surface area contributed by atoms with Gasteiger partial charge in [0.05, 0.1) is 33.0 Å². The number of carbonyl (C=O) groups excluding carboxylic acids is 3. The molecule has 3 atom stereocenters. The van der Waals surface area contributed by atoms with Crippen LogP contribution in [0, 0.1) is 26.7 Å². The fraction of sp³-hybridized carbons (Fsp3) is 0.359. The molecule has 0 saturated carbocycles. The lowest BCUT2D eigenvalue weighted by Crippen LogP contribution is -2.57. The first-order chi connectivity index (χ1) is 27.7. The number of carbonyl (C=O) groups is 3. The topological polar surface area (TPSA) is 228 Å². The van der Waals surface area contributed by atoms with Crippen molar-refractivity contribution >= 4 is 78.1 Å². The van der Waals surface area contributed by atoms with Gasteiger partial charge in [0.15, 0.2) is 5.01 Å². The fourth-order valence-electron chi connectivity index (χ4n) is 6.11. The van der Waals surface area contributed by atoms with E-state index in [-0.39, 0.29) is 56.6 Å². The summed E-state index contributed by atoms with van der Waals surface area (Å²) < 4.78 is 63.7. The van der Waals surface area contributed by atoms with Gasteiger partial charge in [-0.25, -0.2) is 26.5 Å². The number of rotatable bonds is 19. The number of aryl methyl sites for hydroxylation is 1. The summed E-state index contributed by atoms with van der Waals surface area (Å²) in [5.74, 6) is -2.32. The van der Waals surface area contributed by atoms with Gasteiger partial charge < -0.3 is 21.1 Å². The maximum Gasteiger partial charge on any atom is 0.264 e. The maximum absolute atomic E-state index is 13.9. The van der Waals surface area contributed by atoms with Crippen molar-refractivity contribution in [3.05, 3.63) is 103 Å². The summed E-state index contributed by atoms with van der Waals surface area (Å²) in [4.78, 5) is 49.5. The number of amides is 2. The predicted molar refractivity (Wildman–Crippen MR) is 229 cm³/mol. The van der Waals surface area contributed by atoms with E-state index in [2.05, 4.69) is 30.1 Å². The first kappa shape index (κ1) is 47.1. The quantitative estimate of drug-likeness (QED) is 0.0372. The minimum absolute atomic E-state index is 0.00168. The molecular weight excluding hydrogens is 862 g/mol. The van der Waals surface area contributed by atoms with Crippen molar-refractivity contribution in [3.8, 4) is 5.75 Å². The molecule has 6 N–H and O–H groups in total. The zero-order valence-electron chi connectivity index (χ0n) is 33.2. The SMILES string of the molecule is COc1cc(C)c(S(=O)(=O)NC(N)=NCCC[C@H](NC(=O)[C@@H](NC(=O)[C@H](Cc2ccccc2)NS(=O)(=O)c2ccc(Cl)c(Cl)c2)C(C)C)C(=O)c2nccs2)c(C)c1C. The third kappa shape index (κ3) is 12.5. The minimum atomic E-state index is -4.31. The zero-order chi connectivity index (χ0) is 43.7. The van der Waals surface area contributed by atoms with Crippen molar-refractivity contribution in [2.45, 2.75) is 81.8 Å². The van der Waals surface area contributed by atoms with E-state index in [1.54, 1.807) is 76.4 Å². The van der Waals surface area contributed by atoms with E-state index in [9.17, 15) is 31.2 Å². The molecule has 2 amide bonds. The number of guanidine groups is 1. The van der Waals surface area contributed by atoms with Gasteiger partial charge in [0, 0.05) is 18.1 Å². The van der Waals surface area contributed by atoms with Gasteiger partial charge >= 0.3 is 0 Å². The van der Waals surface area contributed by atoms with Crippen LogP contribution in [0.25, 0.3) is 0 Å². The average Bonchev–Trinajstić information content (AvgIpc) is 3.72. The molecule has 0 bridgehead atoms. The Morgan fingerprint density at radius 2 is 1.59 bits per heavy atom. The van der Waals surface area contributed by atoms with E-state index in [0.717, 1.165) is 17.4 Å². The van der Waals surface area contributed by atoms with Gasteiger partial charge in [-0.2, -0.15) is 4.72 Å². The van der Waals surface area contributed by atoms with Gasteiger partial charge in [-0.3, -0.25) is 19.4 Å². The number of sulfonamides is 2. The van der Waals surface area contributed by atoms with Crippen LogP contribution in [0.1, 0.15) is 58.7 Å². The van der Waals surface area contributed by atoms with Crippen LogP contribution in [0.4, 0.5) is 0 Å². The van der Waals surface area contributed by atoms with E-state index >= 15 is 0 Å². The van der Waals surface area contributed by atoms with Gasteiger partial charge in [-0.05, 0) is 92.5 Å². The molecule has 0 saturated heterocycles. The predicted octanol–water partition coefficient (Wildman–Crippen LogP) is 4.86. The third-order valence-corrected chi connectivity index (χ3v) is 13.9. The molecule has 1 heterocycles. The molecule has 0 spiro atoms. The summed E-state index contributed by atoms with van der Waals surface area (Å²) in [6.07, 6.45) is 1.61. The second kappa shape index (κ2) is 20.6. The van der Waals surface area contributed by atoms with Crippen LogP contribution < -0.4 is 30.5 Å². The Kier molecular flexibility index (Phi) is 16.4. The molecule has 0 aliphatic heterocycles. The Hall–Kier alpha value is -4.59. The van der Waals surface area contributed by atoms with E-state index < -0.39 is 61.7 Å². The minimum Gasteiger partial charge on any atom is -0.496 e. The number of aromatic nitrogens is 1. The van der Waals surface area contributed by atoms with Gasteiger partial charge in [-0.1, -0.05) is 67.4 Å². The molecule has 20 heteroatoms. The van der Waals surface area contributed by atoms with Crippen molar-refractivity contribution in [3.63, 3.8) is 0 Å². The largest absolute Gasteiger partial charge is 0.496 e. The first-order valence-electron chi connectivity index (χ1n) is 18.3. The fourth-order valence-corrected chi connectivity index (χ4v) is 9.81. The Morgan fingerprint density at radius 1 is 0.898 bits per heavy atom. The van der Waals surface area contributed by atoms with Crippen molar-refractivity contribution < 1.29 is 36.0 Å². The lowest BCUT2D eigenvalue weighted by molar-refractivity contribution is -0.131. The molecule has 4 rings (SSSR count). The highest BCUT2D eigenvalue weighted by atomic mass is 35.5. The second-order valence-corrected chi connectivity index (χ2v) is 19.0. The maximum atomic E-state index is 13.9. The highest BCUT2D eigenvalue weighted by Gasteiger charge is 2.34. The smallest absolute Gasteiger partial charge is 0.264 e. The molecule has 0 aliphatic carbocycles. The molecule has 59 heavy (non-hydrogen) atoms. The molecule has 0 unspecified atom stereocenters. The number of nitrogens with zero attached hydrogens (tertiary/aromatic N) is 2. The van der Waals surface area contributed by atoms with Gasteiger partial charge in [0.1, 0.15) is 17.8 Å². The summed E-state index contributed by atoms with van der Waals surface area (Å²) in [5.41, 5.74) is 8.24. The van der Waals surface area contributed by atoms with Gasteiger partial charge in [0.2, 0.25) is 33.6 Å². The number of Topliss-reactive ketones (excluding diaryl/α,β-unsaturated/α-hetero) is 1. The molecule has 4 aromatic rings. The van der Waals surface area contributed by atoms with Crippen LogP contribution in [0.5, 0.6) is 5.75 Å². The highest BCUT2D eigenvalue weighted by Crippen LogP contribution is 2.30. The number of ketones is 1. The Labute approximate surface area is 358 Å². The number of hydrogen-bond donors (Lipinski definition) is 5. The number of nitrogens with one attached hydrogen (secondary N) is 4. The summed E-state index contributed by atoms with van der Waals surface area (Å²) in [5, 5.41) is 7.32. The van der Waals surface area contributed by atoms with Gasteiger partial charge in [0.25, 0.3) is 10.0 Å². The average molecular weight is 909 g/mol. The number of aliphatic imine (C=N–C) groups is 1. The molecule has 15 nitrogen and oxygen atoms in total.